The van der Waals surface area contributed by atoms with E-state index in [1.54, 1.807) is 18.2 Å². The molecule has 1 fully saturated rings. The molecule has 2 bridgehead atoms. The molecule has 10 nitrogen and oxygen atoms in total. The van der Waals surface area contributed by atoms with Crippen molar-refractivity contribution in [2.45, 2.75) is 43.1 Å². The largest absolute Gasteiger partial charge is 0.507 e. The number of phenols is 1. The van der Waals surface area contributed by atoms with Crippen LogP contribution in [-0.2, 0) is 21.2 Å². The highest BCUT2D eigenvalue weighted by Crippen LogP contribution is 2.33. The minimum Gasteiger partial charge on any atom is -0.507 e. The second kappa shape index (κ2) is 11.1. The summed E-state index contributed by atoms with van der Waals surface area (Å²) < 4.78 is 41.2. The standard InChI is InChI=1S/C24H32N4O6S/c25-24(30)19-13-23-20(14-21(19)29)27-9-11-33-10-3-1-2-4-16-12-17(28-35(23,31)32)5-6-22(16)34-18-7-8-26-15-18/h5-6,12-14,18,26-29H,1-4,7-11,15H2,(H2,25,30). The van der Waals surface area contributed by atoms with Gasteiger partial charge in [0.15, 0.2) is 0 Å². The molecular formula is C24H32N4O6S. The Balaban J connectivity index is 1.70. The van der Waals surface area contributed by atoms with E-state index in [0.29, 0.717) is 25.4 Å². The van der Waals surface area contributed by atoms with Gasteiger partial charge in [-0.05, 0) is 62.1 Å². The molecule has 4 rings (SSSR count). The summed E-state index contributed by atoms with van der Waals surface area (Å²) in [6.45, 7) is 2.97. The van der Waals surface area contributed by atoms with E-state index in [1.165, 1.54) is 6.07 Å². The van der Waals surface area contributed by atoms with Crippen molar-refractivity contribution in [1.29, 1.82) is 0 Å². The smallest absolute Gasteiger partial charge is 0.263 e. The number of fused-ring (bicyclic) bond motifs is 3. The molecule has 0 spiro atoms. The number of hydrogen-bond donors (Lipinski definition) is 5. The Hall–Kier alpha value is -3.02. The highest BCUT2D eigenvalue weighted by Gasteiger charge is 2.24. The molecule has 11 heteroatoms. The summed E-state index contributed by atoms with van der Waals surface area (Å²) in [6, 6.07) is 7.52. The van der Waals surface area contributed by atoms with Gasteiger partial charge in [0.05, 0.1) is 17.9 Å². The van der Waals surface area contributed by atoms with Gasteiger partial charge >= 0.3 is 0 Å². The van der Waals surface area contributed by atoms with Crippen molar-refractivity contribution in [3.63, 3.8) is 0 Å². The van der Waals surface area contributed by atoms with Crippen LogP contribution in [0.1, 0.15) is 41.6 Å². The van der Waals surface area contributed by atoms with E-state index in [4.69, 9.17) is 15.2 Å². The number of nitrogens with two attached hydrogens (primary N) is 1. The zero-order chi connectivity index (χ0) is 24.8. The maximum Gasteiger partial charge on any atom is 0.263 e. The van der Waals surface area contributed by atoms with E-state index in [9.17, 15) is 18.3 Å². The molecule has 6 N–H and O–H groups in total. The second-order valence-corrected chi connectivity index (χ2v) is 10.4. The second-order valence-electron chi connectivity index (χ2n) is 8.74. The molecule has 1 amide bonds. The third kappa shape index (κ3) is 6.36. The number of aromatic hydroxyl groups is 1. The van der Waals surface area contributed by atoms with Crippen LogP contribution in [0.5, 0.6) is 11.5 Å². The molecule has 0 aromatic heterocycles. The van der Waals surface area contributed by atoms with Crippen molar-refractivity contribution < 1.29 is 27.8 Å². The van der Waals surface area contributed by atoms with Gasteiger partial charge in [0, 0.05) is 31.5 Å². The summed E-state index contributed by atoms with van der Waals surface area (Å²) in [5.41, 5.74) is 6.51. The lowest BCUT2D eigenvalue weighted by Gasteiger charge is -2.19. The van der Waals surface area contributed by atoms with E-state index in [2.05, 4.69) is 15.4 Å². The van der Waals surface area contributed by atoms with Gasteiger partial charge in [0.2, 0.25) is 0 Å². The van der Waals surface area contributed by atoms with E-state index in [0.717, 1.165) is 62.6 Å². The molecule has 35 heavy (non-hydrogen) atoms. The van der Waals surface area contributed by atoms with Gasteiger partial charge in [-0.1, -0.05) is 6.42 Å². The number of benzene rings is 2. The van der Waals surface area contributed by atoms with Crippen LogP contribution < -0.4 is 25.8 Å². The molecular weight excluding hydrogens is 472 g/mol. The summed E-state index contributed by atoms with van der Waals surface area (Å²) in [5, 5.41) is 16.5. The fourth-order valence-corrected chi connectivity index (χ4v) is 5.50. The molecule has 2 heterocycles. The molecule has 2 aromatic carbocycles. The zero-order valence-electron chi connectivity index (χ0n) is 19.5. The molecule has 1 unspecified atom stereocenters. The van der Waals surface area contributed by atoms with Crippen LogP contribution in [0.25, 0.3) is 0 Å². The lowest BCUT2D eigenvalue weighted by Crippen LogP contribution is -2.21. The van der Waals surface area contributed by atoms with Crippen molar-refractivity contribution in [2.24, 2.45) is 5.73 Å². The minimum absolute atomic E-state index is 0.0837. The molecule has 2 aliphatic rings. The number of aryl methyl sites for hydroxylation is 1. The number of nitrogens with one attached hydrogen (secondary N) is 3. The SMILES string of the molecule is NC(=O)c1cc2c(cc1O)NCCOCCCCCc1cc(ccc1OC1CCNC1)NS2(=O)=O. The lowest BCUT2D eigenvalue weighted by atomic mass is 10.1. The molecule has 2 aliphatic heterocycles. The van der Waals surface area contributed by atoms with E-state index < -0.39 is 21.7 Å². The predicted molar refractivity (Wildman–Crippen MR) is 133 cm³/mol. The zero-order valence-corrected chi connectivity index (χ0v) is 20.3. The number of sulfonamides is 1. The molecule has 2 aromatic rings. The maximum absolute atomic E-state index is 13.4. The van der Waals surface area contributed by atoms with Crippen LogP contribution in [0.15, 0.2) is 35.2 Å². The van der Waals surface area contributed by atoms with Crippen molar-refractivity contribution >= 4 is 27.3 Å². The first-order valence-corrected chi connectivity index (χ1v) is 13.3. The maximum atomic E-state index is 13.4. The average molecular weight is 505 g/mol. The number of rotatable bonds is 3. The fraction of sp³-hybridized carbons (Fsp3) is 0.458. The third-order valence-electron chi connectivity index (χ3n) is 6.07. The monoisotopic (exact) mass is 504 g/mol. The van der Waals surface area contributed by atoms with Gasteiger partial charge in [-0.15, -0.1) is 0 Å². The Morgan fingerprint density at radius 1 is 1.11 bits per heavy atom. The van der Waals surface area contributed by atoms with E-state index in [-0.39, 0.29) is 22.3 Å². The van der Waals surface area contributed by atoms with Crippen molar-refractivity contribution in [1.82, 2.24) is 5.32 Å². The molecule has 0 radical (unpaired) electrons. The topological polar surface area (TPSA) is 152 Å². The number of hydrogen-bond acceptors (Lipinski definition) is 8. The van der Waals surface area contributed by atoms with Gasteiger partial charge in [0.25, 0.3) is 15.9 Å². The van der Waals surface area contributed by atoms with Gasteiger partial charge < -0.3 is 30.9 Å². The normalized spacial score (nSPS) is 20.7. The summed E-state index contributed by atoms with van der Waals surface area (Å²) >= 11 is 0. The summed E-state index contributed by atoms with van der Waals surface area (Å²) in [7, 11) is -4.14. The van der Waals surface area contributed by atoms with Gasteiger partial charge in [-0.3, -0.25) is 9.52 Å². The Labute approximate surface area is 205 Å². The number of carbonyl (C=O) groups is 1. The number of primary amides is 1. The lowest BCUT2D eigenvalue weighted by molar-refractivity contribution is 0.0997. The Morgan fingerprint density at radius 3 is 2.74 bits per heavy atom. The first-order chi connectivity index (χ1) is 16.8. The minimum atomic E-state index is -4.14. The number of ether oxygens (including phenoxy) is 2. The predicted octanol–water partition coefficient (Wildman–Crippen LogP) is 2.19. The molecule has 1 saturated heterocycles. The first kappa shape index (κ1) is 25.1. The van der Waals surface area contributed by atoms with Crippen molar-refractivity contribution in [3.05, 3.63) is 41.5 Å². The Morgan fingerprint density at radius 2 is 1.97 bits per heavy atom. The average Bonchev–Trinajstić information content (AvgIpc) is 3.31. The van der Waals surface area contributed by atoms with Gasteiger partial charge in [-0.25, -0.2) is 8.42 Å². The highest BCUT2D eigenvalue weighted by atomic mass is 32.2. The summed E-state index contributed by atoms with van der Waals surface area (Å²) in [6.07, 6.45) is 4.54. The molecule has 0 saturated carbocycles. The van der Waals surface area contributed by atoms with Crippen molar-refractivity contribution in [2.75, 3.05) is 42.9 Å². The molecule has 1 atom stereocenters. The summed E-state index contributed by atoms with van der Waals surface area (Å²) in [4.78, 5) is 11.6. The van der Waals surface area contributed by atoms with Crippen LogP contribution >= 0.6 is 0 Å². The Bertz CT molecular complexity index is 1160. The van der Waals surface area contributed by atoms with Crippen molar-refractivity contribution in [3.8, 4) is 11.5 Å². The molecule has 0 aliphatic carbocycles. The first-order valence-electron chi connectivity index (χ1n) is 11.8. The Kier molecular flexibility index (Phi) is 7.99. The number of carbonyl (C=O) groups excluding carboxylic acids is 1. The van der Waals surface area contributed by atoms with Crippen LogP contribution in [0.2, 0.25) is 0 Å². The fourth-order valence-electron chi connectivity index (χ4n) is 4.25. The van der Waals surface area contributed by atoms with E-state index in [1.807, 2.05) is 0 Å². The van der Waals surface area contributed by atoms with Crippen LogP contribution in [-0.4, -0.2) is 58.4 Å². The van der Waals surface area contributed by atoms with Crippen LogP contribution in [0, 0.1) is 0 Å². The highest BCUT2D eigenvalue weighted by molar-refractivity contribution is 7.92. The number of amides is 1. The van der Waals surface area contributed by atoms with E-state index >= 15 is 0 Å². The van der Waals surface area contributed by atoms with Crippen LogP contribution in [0.4, 0.5) is 11.4 Å². The quantitative estimate of drug-likeness (QED) is 0.427. The summed E-state index contributed by atoms with van der Waals surface area (Å²) in [5.74, 6) is -0.581. The van der Waals surface area contributed by atoms with Gasteiger partial charge in [-0.2, -0.15) is 0 Å². The molecule has 190 valence electrons. The van der Waals surface area contributed by atoms with Gasteiger partial charge in [0.1, 0.15) is 22.5 Å². The number of anilines is 2. The third-order valence-corrected chi connectivity index (χ3v) is 7.49. The van der Waals surface area contributed by atoms with Crippen LogP contribution in [0.3, 0.4) is 0 Å².